The topological polar surface area (TPSA) is 86.0 Å². The summed E-state index contributed by atoms with van der Waals surface area (Å²) in [4.78, 5) is 34.7. The fourth-order valence-corrected chi connectivity index (χ4v) is 4.81. The average Bonchev–Trinajstić information content (AvgIpc) is 3.38. The van der Waals surface area contributed by atoms with Crippen LogP contribution in [0.15, 0.2) is 41.9 Å². The number of aromatic nitrogens is 3. The number of imidazole rings is 1. The molecule has 4 heterocycles. The zero-order chi connectivity index (χ0) is 26.5. The Morgan fingerprint density at radius 1 is 1.19 bits per heavy atom. The molecule has 194 valence electrons. The van der Waals surface area contributed by atoms with E-state index in [4.69, 9.17) is 4.74 Å². The number of likely N-dealkylation sites (tertiary alicyclic amines) is 1. The third kappa shape index (κ3) is 4.80. The predicted octanol–water partition coefficient (Wildman–Crippen LogP) is 4.65. The van der Waals surface area contributed by atoms with Crippen LogP contribution in [0.25, 0.3) is 15.9 Å². The molecule has 14 heteroatoms. The van der Waals surface area contributed by atoms with Crippen LogP contribution in [-0.2, 0) is 4.79 Å². The molecule has 0 bridgehead atoms. The molecule has 4 aromatic rings. The van der Waals surface area contributed by atoms with Crippen molar-refractivity contribution in [3.05, 3.63) is 53.3 Å². The van der Waals surface area contributed by atoms with E-state index in [1.807, 2.05) is 0 Å². The highest BCUT2D eigenvalue weighted by Crippen LogP contribution is 2.37. The van der Waals surface area contributed by atoms with Gasteiger partial charge in [0.15, 0.2) is 16.8 Å². The van der Waals surface area contributed by atoms with Crippen molar-refractivity contribution < 1.29 is 41.0 Å². The highest BCUT2D eigenvalue weighted by molar-refractivity contribution is 7.15. The molecule has 8 nitrogen and oxygen atoms in total. The van der Waals surface area contributed by atoms with Gasteiger partial charge in [-0.05, 0) is 19.1 Å². The summed E-state index contributed by atoms with van der Waals surface area (Å²) in [5.41, 5.74) is 1.12. The monoisotopic (exact) mass is 540 g/mol. The lowest BCUT2D eigenvalue weighted by Gasteiger charge is -2.37. The molecule has 0 spiro atoms. The standard InChI is InChI=1S/C23H17F5N4O4S/c1-12-9-32-15(11-37-21(32)29-12)19(33)31-7-6-22(24,25)17(10-31)36-18-16(35-20(34)23(26,27)28)8-13-4-2-3-5-14(13)30-18/h2-5,8-9,11,17H,6-7,10H2,1H3. The van der Waals surface area contributed by atoms with Gasteiger partial charge in [-0.1, -0.05) is 18.2 Å². The molecule has 1 aliphatic rings. The van der Waals surface area contributed by atoms with Crippen LogP contribution in [0.2, 0.25) is 0 Å². The number of carbonyl (C=O) groups excluding carboxylic acids is 2. The van der Waals surface area contributed by atoms with Crippen LogP contribution in [0.3, 0.4) is 0 Å². The number of hydrogen-bond donors (Lipinski definition) is 0. The number of hydrogen-bond acceptors (Lipinski definition) is 7. The lowest BCUT2D eigenvalue weighted by molar-refractivity contribution is -0.190. The third-order valence-corrected chi connectivity index (χ3v) is 6.59. The van der Waals surface area contributed by atoms with Gasteiger partial charge in [-0.15, -0.1) is 11.3 Å². The maximum atomic E-state index is 14.9. The fourth-order valence-electron chi connectivity index (χ4n) is 3.92. The Morgan fingerprint density at radius 3 is 2.70 bits per heavy atom. The molecule has 5 rings (SSSR count). The number of piperidine rings is 1. The number of para-hydroxylation sites is 1. The molecule has 1 fully saturated rings. The van der Waals surface area contributed by atoms with Crippen molar-refractivity contribution in [2.24, 2.45) is 0 Å². The van der Waals surface area contributed by atoms with Gasteiger partial charge in [0.1, 0.15) is 5.69 Å². The zero-order valence-electron chi connectivity index (χ0n) is 19.0. The molecule has 1 aliphatic heterocycles. The SMILES string of the molecule is Cc1cn2c(C(=O)N3CCC(F)(F)C(Oc4nc5ccccc5cc4OC(=O)C(F)(F)F)C3)csc2n1. The average molecular weight is 540 g/mol. The van der Waals surface area contributed by atoms with Crippen molar-refractivity contribution in [2.75, 3.05) is 13.1 Å². The van der Waals surface area contributed by atoms with E-state index in [2.05, 4.69) is 14.7 Å². The van der Waals surface area contributed by atoms with Gasteiger partial charge in [0.25, 0.3) is 17.7 Å². The Kier molecular flexibility index (Phi) is 6.01. The molecule has 1 amide bonds. The number of fused-ring (bicyclic) bond motifs is 2. The number of benzene rings is 1. The molecule has 0 radical (unpaired) electrons. The number of ether oxygens (including phenoxy) is 2. The normalized spacial score (nSPS) is 17.8. The molecule has 37 heavy (non-hydrogen) atoms. The van der Waals surface area contributed by atoms with E-state index in [0.717, 1.165) is 6.07 Å². The van der Waals surface area contributed by atoms with Crippen LogP contribution >= 0.6 is 11.3 Å². The van der Waals surface area contributed by atoms with E-state index in [9.17, 15) is 31.5 Å². The minimum atomic E-state index is -5.33. The molecule has 0 aliphatic carbocycles. The third-order valence-electron chi connectivity index (χ3n) is 5.75. The predicted molar refractivity (Wildman–Crippen MR) is 121 cm³/mol. The van der Waals surface area contributed by atoms with Crippen molar-refractivity contribution in [3.63, 3.8) is 0 Å². The molecule has 1 aromatic carbocycles. The molecule has 1 saturated heterocycles. The number of nitrogens with zero attached hydrogens (tertiary/aromatic N) is 4. The van der Waals surface area contributed by atoms with Crippen LogP contribution in [-0.4, -0.2) is 62.4 Å². The number of aryl methyl sites for hydroxylation is 1. The maximum absolute atomic E-state index is 14.9. The summed E-state index contributed by atoms with van der Waals surface area (Å²) in [7, 11) is 0. The van der Waals surface area contributed by atoms with E-state index in [0.29, 0.717) is 16.0 Å². The van der Waals surface area contributed by atoms with Crippen molar-refractivity contribution in [2.45, 2.75) is 31.5 Å². The summed E-state index contributed by atoms with van der Waals surface area (Å²) in [6.07, 6.45) is -6.42. The Labute approximate surface area is 209 Å². The number of pyridine rings is 1. The molecular weight excluding hydrogens is 523 g/mol. The Balaban J connectivity index is 1.45. The van der Waals surface area contributed by atoms with Gasteiger partial charge in [0.05, 0.1) is 17.8 Å². The maximum Gasteiger partial charge on any atom is 0.491 e. The first-order valence-corrected chi connectivity index (χ1v) is 11.8. The number of esters is 1. The molecule has 3 aromatic heterocycles. The first kappa shape index (κ1) is 24.9. The van der Waals surface area contributed by atoms with Crippen LogP contribution in [0.4, 0.5) is 22.0 Å². The van der Waals surface area contributed by atoms with Gasteiger partial charge < -0.3 is 14.4 Å². The van der Waals surface area contributed by atoms with Crippen LogP contribution in [0.5, 0.6) is 11.6 Å². The smallest absolute Gasteiger partial charge is 0.463 e. The lowest BCUT2D eigenvalue weighted by Crippen LogP contribution is -2.55. The van der Waals surface area contributed by atoms with E-state index in [-0.39, 0.29) is 17.8 Å². The van der Waals surface area contributed by atoms with E-state index >= 15 is 0 Å². The lowest BCUT2D eigenvalue weighted by atomic mass is 10.0. The van der Waals surface area contributed by atoms with E-state index < -0.39 is 54.7 Å². The van der Waals surface area contributed by atoms with E-state index in [1.165, 1.54) is 28.4 Å². The largest absolute Gasteiger partial charge is 0.491 e. The van der Waals surface area contributed by atoms with Gasteiger partial charge in [0, 0.05) is 29.9 Å². The number of alkyl halides is 5. The molecule has 0 saturated carbocycles. The Hall–Kier alpha value is -3.81. The van der Waals surface area contributed by atoms with Gasteiger partial charge in [-0.25, -0.2) is 23.5 Å². The fraction of sp³-hybridized carbons (Fsp3) is 0.304. The van der Waals surface area contributed by atoms with Crippen molar-refractivity contribution >= 4 is 39.1 Å². The highest BCUT2D eigenvalue weighted by Gasteiger charge is 2.48. The number of amides is 1. The summed E-state index contributed by atoms with van der Waals surface area (Å²) in [6.45, 7) is 0.884. The second-order valence-electron chi connectivity index (χ2n) is 8.40. The quantitative estimate of drug-likeness (QED) is 0.277. The first-order valence-electron chi connectivity index (χ1n) is 10.9. The van der Waals surface area contributed by atoms with Crippen molar-refractivity contribution in [1.29, 1.82) is 0 Å². The second kappa shape index (κ2) is 8.94. The number of carbonyl (C=O) groups is 2. The van der Waals surface area contributed by atoms with Gasteiger partial charge in [-0.2, -0.15) is 13.2 Å². The Morgan fingerprint density at radius 2 is 1.95 bits per heavy atom. The number of thiazole rings is 1. The van der Waals surface area contributed by atoms with E-state index in [1.54, 1.807) is 35.0 Å². The summed E-state index contributed by atoms with van der Waals surface area (Å²) < 4.78 is 79.7. The van der Waals surface area contributed by atoms with Crippen LogP contribution in [0.1, 0.15) is 22.6 Å². The van der Waals surface area contributed by atoms with Gasteiger partial charge in [-0.3, -0.25) is 9.20 Å². The summed E-state index contributed by atoms with van der Waals surface area (Å²) in [5.74, 6) is -8.04. The van der Waals surface area contributed by atoms with Gasteiger partial charge >= 0.3 is 12.1 Å². The minimum absolute atomic E-state index is 0.215. The molecule has 0 N–H and O–H groups in total. The zero-order valence-corrected chi connectivity index (χ0v) is 19.8. The molecule has 1 atom stereocenters. The highest BCUT2D eigenvalue weighted by atomic mass is 32.1. The van der Waals surface area contributed by atoms with Crippen LogP contribution < -0.4 is 9.47 Å². The minimum Gasteiger partial charge on any atom is -0.463 e. The summed E-state index contributed by atoms with van der Waals surface area (Å²) in [6, 6.07) is 7.18. The number of rotatable bonds is 4. The Bertz CT molecular complexity index is 1520. The van der Waals surface area contributed by atoms with Crippen molar-refractivity contribution in [1.82, 2.24) is 19.3 Å². The molecular formula is C23H17F5N4O4S. The van der Waals surface area contributed by atoms with Gasteiger partial charge in [0.2, 0.25) is 0 Å². The van der Waals surface area contributed by atoms with Crippen LogP contribution in [0, 0.1) is 6.92 Å². The molecule has 1 unspecified atom stereocenters. The summed E-state index contributed by atoms with van der Waals surface area (Å²) in [5, 5.41) is 1.86. The number of halogens is 5. The van der Waals surface area contributed by atoms with Crippen molar-refractivity contribution in [3.8, 4) is 11.6 Å². The summed E-state index contributed by atoms with van der Waals surface area (Å²) >= 11 is 1.22. The second-order valence-corrected chi connectivity index (χ2v) is 9.23. The first-order chi connectivity index (χ1) is 17.4.